The van der Waals surface area contributed by atoms with Crippen molar-refractivity contribution in [1.82, 2.24) is 20.1 Å². The summed E-state index contributed by atoms with van der Waals surface area (Å²) >= 11 is 1.39. The van der Waals surface area contributed by atoms with Gasteiger partial charge >= 0.3 is 0 Å². The third kappa shape index (κ3) is 5.12. The van der Waals surface area contributed by atoms with Gasteiger partial charge in [0.2, 0.25) is 5.91 Å². The van der Waals surface area contributed by atoms with Gasteiger partial charge in [-0.1, -0.05) is 63.6 Å². The summed E-state index contributed by atoms with van der Waals surface area (Å²) in [5.74, 6) is 0.738. The molecular formula is C23H31FN4OS. The molecule has 0 aliphatic heterocycles. The fourth-order valence-electron chi connectivity index (χ4n) is 3.91. The Labute approximate surface area is 182 Å². The van der Waals surface area contributed by atoms with Crippen molar-refractivity contribution >= 4 is 17.7 Å². The molecule has 30 heavy (non-hydrogen) atoms. The van der Waals surface area contributed by atoms with E-state index in [-0.39, 0.29) is 28.9 Å². The van der Waals surface area contributed by atoms with E-state index in [1.54, 1.807) is 24.3 Å². The molecule has 0 spiro atoms. The van der Waals surface area contributed by atoms with Crippen LogP contribution < -0.4 is 5.32 Å². The molecule has 1 amide bonds. The fraction of sp³-hybridized carbons (Fsp3) is 0.522. The van der Waals surface area contributed by atoms with Gasteiger partial charge in [-0.25, -0.2) is 4.39 Å². The van der Waals surface area contributed by atoms with E-state index >= 15 is 0 Å². The number of nitrogens with one attached hydrogen (secondary N) is 1. The van der Waals surface area contributed by atoms with Gasteiger partial charge in [-0.2, -0.15) is 0 Å². The van der Waals surface area contributed by atoms with E-state index in [0.717, 1.165) is 19.3 Å². The van der Waals surface area contributed by atoms with Gasteiger partial charge in [-0.3, -0.25) is 9.36 Å². The van der Waals surface area contributed by atoms with Crippen LogP contribution in [0, 0.1) is 17.7 Å². The Morgan fingerprint density at radius 3 is 2.73 bits per heavy atom. The topological polar surface area (TPSA) is 59.8 Å². The first-order chi connectivity index (χ1) is 14.4. The van der Waals surface area contributed by atoms with E-state index in [9.17, 15) is 9.18 Å². The summed E-state index contributed by atoms with van der Waals surface area (Å²) in [4.78, 5) is 13.1. The normalized spacial score (nSPS) is 20.2. The zero-order valence-corrected chi connectivity index (χ0v) is 18.8. The quantitative estimate of drug-likeness (QED) is 0.469. The van der Waals surface area contributed by atoms with Crippen LogP contribution in [0.3, 0.4) is 0 Å². The lowest BCUT2D eigenvalue weighted by Crippen LogP contribution is -2.46. The number of carbonyl (C=O) groups is 1. The predicted octanol–water partition coefficient (Wildman–Crippen LogP) is 5.08. The average Bonchev–Trinajstić information content (AvgIpc) is 3.10. The van der Waals surface area contributed by atoms with Crippen LogP contribution in [0.1, 0.15) is 46.5 Å². The molecule has 7 heteroatoms. The maximum atomic E-state index is 14.3. The van der Waals surface area contributed by atoms with Gasteiger partial charge in [0, 0.05) is 12.6 Å². The Morgan fingerprint density at radius 2 is 2.07 bits per heavy atom. The summed E-state index contributed by atoms with van der Waals surface area (Å²) in [6.07, 6.45) is 6.32. The number of carbonyl (C=O) groups excluding carboxylic acids is 1. The highest BCUT2D eigenvalue weighted by molar-refractivity contribution is 8.00. The molecule has 1 aliphatic rings. The first-order valence-electron chi connectivity index (χ1n) is 10.7. The van der Waals surface area contributed by atoms with Crippen LogP contribution in [0.2, 0.25) is 0 Å². The Hall–Kier alpha value is -2.15. The van der Waals surface area contributed by atoms with E-state index in [2.05, 4.69) is 29.0 Å². The molecule has 1 heterocycles. The zero-order chi connectivity index (χ0) is 21.7. The lowest BCUT2D eigenvalue weighted by Gasteiger charge is -2.31. The maximum absolute atomic E-state index is 14.3. The average molecular weight is 431 g/mol. The molecule has 1 aliphatic carbocycles. The standard InChI is InChI=1S/C23H31FN4OS/c1-5-14-28-21(17-11-7-8-12-18(17)24)26-27-23(28)30-20(15(2)3)22(29)25-19-13-9-6-10-16(19)4/h5,7-8,11-12,15-16,19-20H,1,6,9-10,13-14H2,2-4H3,(H,25,29). The van der Waals surface area contributed by atoms with Crippen molar-refractivity contribution in [3.8, 4) is 11.4 Å². The van der Waals surface area contributed by atoms with Crippen LogP contribution in [0.4, 0.5) is 4.39 Å². The molecule has 3 rings (SSSR count). The maximum Gasteiger partial charge on any atom is 0.234 e. The molecular weight excluding hydrogens is 399 g/mol. The minimum Gasteiger partial charge on any atom is -0.352 e. The van der Waals surface area contributed by atoms with E-state index in [1.165, 1.54) is 24.2 Å². The molecule has 0 saturated heterocycles. The molecule has 1 aromatic heterocycles. The largest absolute Gasteiger partial charge is 0.352 e. The van der Waals surface area contributed by atoms with Crippen molar-refractivity contribution in [1.29, 1.82) is 0 Å². The number of rotatable bonds is 8. The van der Waals surface area contributed by atoms with Crippen molar-refractivity contribution < 1.29 is 9.18 Å². The lowest BCUT2D eigenvalue weighted by atomic mass is 9.86. The van der Waals surface area contributed by atoms with Gasteiger partial charge in [0.25, 0.3) is 0 Å². The Bertz CT molecular complexity index is 882. The third-order valence-electron chi connectivity index (χ3n) is 5.68. The summed E-state index contributed by atoms with van der Waals surface area (Å²) in [6, 6.07) is 6.74. The van der Waals surface area contributed by atoms with Gasteiger partial charge in [0.1, 0.15) is 5.82 Å². The monoisotopic (exact) mass is 430 g/mol. The minimum atomic E-state index is -0.351. The van der Waals surface area contributed by atoms with Crippen LogP contribution in [-0.4, -0.2) is 32.0 Å². The van der Waals surface area contributed by atoms with Gasteiger partial charge in [-0.15, -0.1) is 16.8 Å². The van der Waals surface area contributed by atoms with Crippen molar-refractivity contribution in [3.05, 3.63) is 42.7 Å². The third-order valence-corrected chi connectivity index (χ3v) is 7.20. The Kier molecular flexibility index (Phi) is 7.69. The van der Waals surface area contributed by atoms with Crippen molar-refractivity contribution in [2.75, 3.05) is 0 Å². The summed E-state index contributed by atoms with van der Waals surface area (Å²) < 4.78 is 16.2. The van der Waals surface area contributed by atoms with Crippen LogP contribution in [0.5, 0.6) is 0 Å². The highest BCUT2D eigenvalue weighted by atomic mass is 32.2. The van der Waals surface area contributed by atoms with E-state index in [0.29, 0.717) is 29.0 Å². The van der Waals surface area contributed by atoms with Gasteiger partial charge in [0.05, 0.1) is 10.8 Å². The number of hydrogen-bond donors (Lipinski definition) is 1. The summed E-state index contributed by atoms with van der Waals surface area (Å²) in [5, 5.41) is 12.1. The second-order valence-corrected chi connectivity index (χ2v) is 9.45. The molecule has 1 saturated carbocycles. The molecule has 162 valence electrons. The van der Waals surface area contributed by atoms with Crippen molar-refractivity contribution in [3.63, 3.8) is 0 Å². The first-order valence-corrected chi connectivity index (χ1v) is 11.6. The molecule has 1 aromatic carbocycles. The molecule has 3 unspecified atom stereocenters. The number of nitrogens with zero attached hydrogens (tertiary/aromatic N) is 3. The van der Waals surface area contributed by atoms with Crippen LogP contribution in [0.25, 0.3) is 11.4 Å². The second kappa shape index (κ2) is 10.2. The highest BCUT2D eigenvalue weighted by Gasteiger charge is 2.30. The molecule has 1 N–H and O–H groups in total. The Balaban J connectivity index is 1.84. The molecule has 0 radical (unpaired) electrons. The number of halogens is 1. The van der Waals surface area contributed by atoms with Gasteiger partial charge in [-0.05, 0) is 36.8 Å². The smallest absolute Gasteiger partial charge is 0.234 e. The predicted molar refractivity (Wildman–Crippen MR) is 120 cm³/mol. The number of amides is 1. The second-order valence-electron chi connectivity index (χ2n) is 8.34. The summed E-state index contributed by atoms with van der Waals surface area (Å²) in [7, 11) is 0. The van der Waals surface area contributed by atoms with Crippen molar-refractivity contribution in [2.24, 2.45) is 11.8 Å². The first kappa shape index (κ1) is 22.5. The van der Waals surface area contributed by atoms with E-state index in [4.69, 9.17) is 0 Å². The number of hydrogen-bond acceptors (Lipinski definition) is 4. The molecule has 3 atom stereocenters. The lowest BCUT2D eigenvalue weighted by molar-refractivity contribution is -0.122. The number of thioether (sulfide) groups is 1. The number of benzene rings is 1. The Morgan fingerprint density at radius 1 is 1.33 bits per heavy atom. The molecule has 2 aromatic rings. The number of allylic oxidation sites excluding steroid dienone is 1. The van der Waals surface area contributed by atoms with Gasteiger partial charge < -0.3 is 5.32 Å². The molecule has 0 bridgehead atoms. The summed E-state index contributed by atoms with van der Waals surface area (Å²) in [5.41, 5.74) is 0.389. The molecule has 1 fully saturated rings. The SMILES string of the molecule is C=CCn1c(SC(C(=O)NC2CCCCC2C)C(C)C)nnc1-c1ccccc1F. The summed E-state index contributed by atoms with van der Waals surface area (Å²) in [6.45, 7) is 10.5. The molecule has 5 nitrogen and oxygen atoms in total. The van der Waals surface area contributed by atoms with Gasteiger partial charge in [0.15, 0.2) is 11.0 Å². The van der Waals surface area contributed by atoms with Crippen LogP contribution in [-0.2, 0) is 11.3 Å². The minimum absolute atomic E-state index is 0.0364. The highest BCUT2D eigenvalue weighted by Crippen LogP contribution is 2.32. The van der Waals surface area contributed by atoms with E-state index in [1.807, 2.05) is 18.4 Å². The number of aromatic nitrogens is 3. The zero-order valence-electron chi connectivity index (χ0n) is 18.0. The van der Waals surface area contributed by atoms with Crippen molar-refractivity contribution in [2.45, 2.75) is 69.4 Å². The van der Waals surface area contributed by atoms with Crippen LogP contribution >= 0.6 is 11.8 Å². The van der Waals surface area contributed by atoms with E-state index < -0.39 is 0 Å². The van der Waals surface area contributed by atoms with Crippen LogP contribution in [0.15, 0.2) is 42.1 Å². The fourth-order valence-corrected chi connectivity index (χ4v) is 4.96.